The molecule has 2 rings (SSSR count). The molecule has 1 unspecified atom stereocenters. The summed E-state index contributed by atoms with van der Waals surface area (Å²) in [4.78, 5) is 6.95. The van der Waals surface area contributed by atoms with Crippen molar-refractivity contribution < 1.29 is 4.74 Å². The Kier molecular flexibility index (Phi) is 10.3. The Balaban J connectivity index is 0.00000288. The zero-order valence-electron chi connectivity index (χ0n) is 14.8. The van der Waals surface area contributed by atoms with Crippen LogP contribution in [0.3, 0.4) is 0 Å². The van der Waals surface area contributed by atoms with Crippen LogP contribution >= 0.6 is 24.0 Å². The minimum absolute atomic E-state index is 0. The number of ether oxygens (including phenoxy) is 1. The minimum atomic E-state index is 0. The van der Waals surface area contributed by atoms with Crippen molar-refractivity contribution in [3.05, 3.63) is 35.4 Å². The Morgan fingerprint density at radius 3 is 2.88 bits per heavy atom. The lowest BCUT2D eigenvalue weighted by Gasteiger charge is -2.33. The van der Waals surface area contributed by atoms with E-state index in [1.807, 2.05) is 6.92 Å². The number of nitrogens with zero attached hydrogens (tertiary/aromatic N) is 2. The molecular weight excluding hydrogens is 415 g/mol. The summed E-state index contributed by atoms with van der Waals surface area (Å²) >= 11 is 0. The van der Waals surface area contributed by atoms with Gasteiger partial charge in [0.1, 0.15) is 0 Å². The lowest BCUT2D eigenvalue weighted by Crippen LogP contribution is -2.40. The molecule has 0 fully saturated rings. The van der Waals surface area contributed by atoms with E-state index in [1.165, 1.54) is 11.1 Å². The van der Waals surface area contributed by atoms with Crippen LogP contribution in [-0.2, 0) is 17.7 Å². The van der Waals surface area contributed by atoms with Gasteiger partial charge in [0.05, 0.1) is 6.54 Å². The number of aliphatic imine (C=N–C) groups is 1. The van der Waals surface area contributed by atoms with Crippen LogP contribution in [-0.4, -0.2) is 49.7 Å². The Hall–Kier alpha value is -0.860. The van der Waals surface area contributed by atoms with Crippen molar-refractivity contribution >= 4 is 29.9 Å². The highest BCUT2D eigenvalue weighted by Crippen LogP contribution is 2.20. The monoisotopic (exact) mass is 446 g/mol. The maximum Gasteiger partial charge on any atom is 0.188 e. The molecular formula is C18H31IN4O. The molecule has 0 aliphatic carbocycles. The molecule has 0 saturated heterocycles. The first kappa shape index (κ1) is 21.2. The van der Waals surface area contributed by atoms with E-state index in [9.17, 15) is 0 Å². The van der Waals surface area contributed by atoms with Crippen molar-refractivity contribution in [2.75, 3.05) is 32.8 Å². The third-order valence-electron chi connectivity index (χ3n) is 4.29. The molecule has 0 amide bonds. The van der Waals surface area contributed by atoms with Crippen LogP contribution in [0.15, 0.2) is 29.3 Å². The van der Waals surface area contributed by atoms with E-state index in [0.717, 1.165) is 52.2 Å². The predicted molar refractivity (Wildman–Crippen MR) is 111 cm³/mol. The summed E-state index contributed by atoms with van der Waals surface area (Å²) in [7, 11) is 0. The van der Waals surface area contributed by atoms with Crippen LogP contribution in [0.2, 0.25) is 0 Å². The SMILES string of the molecule is CCOCCCNC(N)=NCC(C)N1CCc2ccccc2C1.I. The number of nitrogens with one attached hydrogen (secondary N) is 1. The maximum atomic E-state index is 5.92. The summed E-state index contributed by atoms with van der Waals surface area (Å²) < 4.78 is 5.29. The van der Waals surface area contributed by atoms with E-state index in [1.54, 1.807) is 0 Å². The second kappa shape index (κ2) is 11.7. The minimum Gasteiger partial charge on any atom is -0.382 e. The van der Waals surface area contributed by atoms with Gasteiger partial charge in [0.15, 0.2) is 5.96 Å². The Bertz CT molecular complexity index is 510. The number of benzene rings is 1. The second-order valence-corrected chi connectivity index (χ2v) is 6.04. The number of fused-ring (bicyclic) bond motifs is 1. The molecule has 0 aromatic heterocycles. The molecule has 1 aromatic rings. The summed E-state index contributed by atoms with van der Waals surface area (Å²) in [5.41, 5.74) is 8.85. The zero-order chi connectivity index (χ0) is 16.5. The number of halogens is 1. The molecule has 1 aliphatic heterocycles. The summed E-state index contributed by atoms with van der Waals surface area (Å²) in [5, 5.41) is 3.14. The standard InChI is InChI=1S/C18H30N4O.HI/c1-3-23-12-6-10-20-18(19)21-13-15(2)22-11-9-16-7-4-5-8-17(16)14-22;/h4-5,7-8,15H,3,6,9-14H2,1-2H3,(H3,19,20,21);1H. The van der Waals surface area contributed by atoms with Gasteiger partial charge in [0, 0.05) is 38.9 Å². The highest BCUT2D eigenvalue weighted by molar-refractivity contribution is 14.0. The normalized spacial score (nSPS) is 16.2. The largest absolute Gasteiger partial charge is 0.382 e. The van der Waals surface area contributed by atoms with Crippen LogP contribution in [0.25, 0.3) is 0 Å². The third kappa shape index (κ3) is 6.94. The van der Waals surface area contributed by atoms with Crippen LogP contribution in [0.5, 0.6) is 0 Å². The molecule has 1 aliphatic rings. The van der Waals surface area contributed by atoms with E-state index < -0.39 is 0 Å². The Labute approximate surface area is 163 Å². The summed E-state index contributed by atoms with van der Waals surface area (Å²) in [6.45, 7) is 9.39. The molecule has 6 heteroatoms. The quantitative estimate of drug-likeness (QED) is 0.279. The number of rotatable bonds is 8. The number of nitrogens with two attached hydrogens (primary N) is 1. The van der Waals surface area contributed by atoms with Crippen molar-refractivity contribution in [1.82, 2.24) is 10.2 Å². The van der Waals surface area contributed by atoms with Gasteiger partial charge < -0.3 is 15.8 Å². The molecule has 1 heterocycles. The fourth-order valence-corrected chi connectivity index (χ4v) is 2.83. The van der Waals surface area contributed by atoms with Crippen LogP contribution in [0, 0.1) is 0 Å². The highest BCUT2D eigenvalue weighted by Gasteiger charge is 2.19. The zero-order valence-corrected chi connectivity index (χ0v) is 17.2. The molecule has 1 atom stereocenters. The molecule has 3 N–H and O–H groups in total. The Morgan fingerprint density at radius 1 is 1.38 bits per heavy atom. The number of hydrogen-bond acceptors (Lipinski definition) is 3. The first-order valence-electron chi connectivity index (χ1n) is 8.63. The van der Waals surface area contributed by atoms with E-state index >= 15 is 0 Å². The average Bonchev–Trinajstić information content (AvgIpc) is 2.59. The number of guanidine groups is 1. The van der Waals surface area contributed by atoms with Gasteiger partial charge in [0.25, 0.3) is 0 Å². The fraction of sp³-hybridized carbons (Fsp3) is 0.611. The van der Waals surface area contributed by atoms with Gasteiger partial charge in [-0.15, -0.1) is 24.0 Å². The van der Waals surface area contributed by atoms with E-state index in [-0.39, 0.29) is 24.0 Å². The molecule has 136 valence electrons. The van der Waals surface area contributed by atoms with Crippen LogP contribution in [0.1, 0.15) is 31.4 Å². The van der Waals surface area contributed by atoms with Crippen molar-refractivity contribution in [3.63, 3.8) is 0 Å². The van der Waals surface area contributed by atoms with Gasteiger partial charge in [-0.3, -0.25) is 9.89 Å². The molecule has 0 radical (unpaired) electrons. The van der Waals surface area contributed by atoms with Gasteiger partial charge in [-0.05, 0) is 37.8 Å². The van der Waals surface area contributed by atoms with Crippen molar-refractivity contribution in [3.8, 4) is 0 Å². The van der Waals surface area contributed by atoms with Gasteiger partial charge in [-0.2, -0.15) is 0 Å². The van der Waals surface area contributed by atoms with Crippen LogP contribution < -0.4 is 11.1 Å². The molecule has 0 saturated carbocycles. The van der Waals surface area contributed by atoms with E-state index in [4.69, 9.17) is 10.5 Å². The van der Waals surface area contributed by atoms with Crippen molar-refractivity contribution in [1.29, 1.82) is 0 Å². The van der Waals surface area contributed by atoms with Gasteiger partial charge in [0.2, 0.25) is 0 Å². The van der Waals surface area contributed by atoms with Crippen molar-refractivity contribution in [2.45, 2.75) is 39.3 Å². The van der Waals surface area contributed by atoms with Crippen LogP contribution in [0.4, 0.5) is 0 Å². The predicted octanol–water partition coefficient (Wildman–Crippen LogP) is 2.38. The van der Waals surface area contributed by atoms with Crippen molar-refractivity contribution in [2.24, 2.45) is 10.7 Å². The molecule has 1 aromatic carbocycles. The molecule has 0 spiro atoms. The second-order valence-electron chi connectivity index (χ2n) is 6.04. The lowest BCUT2D eigenvalue weighted by molar-refractivity contribution is 0.145. The fourth-order valence-electron chi connectivity index (χ4n) is 2.83. The maximum absolute atomic E-state index is 5.92. The first-order chi connectivity index (χ1) is 11.2. The number of hydrogen-bond donors (Lipinski definition) is 2. The molecule has 0 bridgehead atoms. The lowest BCUT2D eigenvalue weighted by atomic mass is 9.99. The Morgan fingerprint density at radius 2 is 2.12 bits per heavy atom. The average molecular weight is 446 g/mol. The summed E-state index contributed by atoms with van der Waals surface area (Å²) in [5.74, 6) is 0.533. The molecule has 24 heavy (non-hydrogen) atoms. The summed E-state index contributed by atoms with van der Waals surface area (Å²) in [6, 6.07) is 9.10. The highest BCUT2D eigenvalue weighted by atomic mass is 127. The smallest absolute Gasteiger partial charge is 0.188 e. The van der Waals surface area contributed by atoms with Gasteiger partial charge in [-0.25, -0.2) is 0 Å². The van der Waals surface area contributed by atoms with Gasteiger partial charge in [-0.1, -0.05) is 24.3 Å². The topological polar surface area (TPSA) is 62.9 Å². The van der Waals surface area contributed by atoms with Gasteiger partial charge >= 0.3 is 0 Å². The third-order valence-corrected chi connectivity index (χ3v) is 4.29. The van der Waals surface area contributed by atoms with E-state index in [2.05, 4.69) is 46.4 Å². The molecule has 5 nitrogen and oxygen atoms in total. The van der Waals surface area contributed by atoms with E-state index in [0.29, 0.717) is 12.0 Å². The summed E-state index contributed by atoms with van der Waals surface area (Å²) in [6.07, 6.45) is 2.07. The first-order valence-corrected chi connectivity index (χ1v) is 8.63.